The van der Waals surface area contributed by atoms with Crippen LogP contribution in [0.3, 0.4) is 0 Å². The highest BCUT2D eigenvalue weighted by molar-refractivity contribution is 5.85. The van der Waals surface area contributed by atoms with E-state index >= 15 is 0 Å². The third-order valence-electron chi connectivity index (χ3n) is 3.69. The third-order valence-corrected chi connectivity index (χ3v) is 3.69. The van der Waals surface area contributed by atoms with Gasteiger partial charge in [-0.2, -0.15) is 0 Å². The van der Waals surface area contributed by atoms with Gasteiger partial charge in [0, 0.05) is 20.1 Å². The summed E-state index contributed by atoms with van der Waals surface area (Å²) in [4.78, 5) is 38.0. The Hall–Kier alpha value is -1.63. The molecule has 0 aromatic heterocycles. The number of rotatable bonds is 7. The molecule has 1 rings (SSSR count). The van der Waals surface area contributed by atoms with Crippen LogP contribution in [0.5, 0.6) is 0 Å². The monoisotopic (exact) mass is 314 g/mol. The lowest BCUT2D eigenvalue weighted by Gasteiger charge is -2.32. The Morgan fingerprint density at radius 1 is 1.36 bits per heavy atom. The van der Waals surface area contributed by atoms with Gasteiger partial charge in [-0.3, -0.25) is 14.4 Å². The molecule has 1 fully saturated rings. The van der Waals surface area contributed by atoms with Gasteiger partial charge < -0.3 is 19.6 Å². The van der Waals surface area contributed by atoms with Crippen LogP contribution >= 0.6 is 0 Å². The van der Waals surface area contributed by atoms with E-state index in [4.69, 9.17) is 9.84 Å². The predicted molar refractivity (Wildman–Crippen MR) is 80.3 cm³/mol. The summed E-state index contributed by atoms with van der Waals surface area (Å²) in [5.41, 5.74) is 0. The second-order valence-corrected chi connectivity index (χ2v) is 5.94. The molecule has 0 saturated carbocycles. The molecular formula is C15H26N2O5. The predicted octanol–water partition coefficient (Wildman–Crippen LogP) is 0.583. The van der Waals surface area contributed by atoms with Gasteiger partial charge in [-0.15, -0.1) is 0 Å². The zero-order chi connectivity index (χ0) is 16.7. The van der Waals surface area contributed by atoms with Crippen LogP contribution < -0.4 is 0 Å². The molecular weight excluding hydrogens is 288 g/mol. The third kappa shape index (κ3) is 6.01. The highest BCUT2D eigenvalue weighted by Gasteiger charge is 2.28. The Bertz CT molecular complexity index is 411. The molecule has 7 nitrogen and oxygen atoms in total. The fraction of sp³-hybridized carbons (Fsp3) is 0.800. The number of amides is 2. The lowest BCUT2D eigenvalue weighted by molar-refractivity contribution is -0.147. The van der Waals surface area contributed by atoms with E-state index in [1.54, 1.807) is 7.05 Å². The van der Waals surface area contributed by atoms with E-state index in [0.717, 1.165) is 0 Å². The zero-order valence-corrected chi connectivity index (χ0v) is 13.6. The van der Waals surface area contributed by atoms with E-state index in [1.807, 2.05) is 13.8 Å². The number of ether oxygens (including phenoxy) is 1. The van der Waals surface area contributed by atoms with Crippen molar-refractivity contribution in [3.8, 4) is 0 Å². The fourth-order valence-electron chi connectivity index (χ4n) is 2.37. The van der Waals surface area contributed by atoms with E-state index in [0.29, 0.717) is 26.0 Å². The van der Waals surface area contributed by atoms with Gasteiger partial charge in [0.05, 0.1) is 31.6 Å². The molecule has 0 radical (unpaired) electrons. The maximum atomic E-state index is 12.2. The summed E-state index contributed by atoms with van der Waals surface area (Å²) in [6, 6.07) is 0. The van der Waals surface area contributed by atoms with Gasteiger partial charge in [-0.05, 0) is 26.7 Å². The van der Waals surface area contributed by atoms with Crippen LogP contribution in [0, 0.1) is 5.92 Å². The lowest BCUT2D eigenvalue weighted by Crippen LogP contribution is -2.47. The number of aliphatic carboxylic acids is 1. The molecule has 1 atom stereocenters. The minimum Gasteiger partial charge on any atom is -0.481 e. The van der Waals surface area contributed by atoms with Crippen LogP contribution in [-0.2, 0) is 19.1 Å². The Labute approximate surface area is 131 Å². The standard InChI is InChI=1S/C15H26N2O5/c1-11(2)22-8-6-13(18)16(3)10-14(19)17-7-4-5-12(9-17)15(20)21/h11-12H,4-10H2,1-3H3,(H,20,21). The van der Waals surface area contributed by atoms with Crippen LogP contribution in [-0.4, -0.2) is 72.1 Å². The van der Waals surface area contributed by atoms with Gasteiger partial charge in [-0.1, -0.05) is 0 Å². The highest BCUT2D eigenvalue weighted by atomic mass is 16.5. The molecule has 0 aromatic carbocycles. The normalized spacial score (nSPS) is 18.4. The quantitative estimate of drug-likeness (QED) is 0.743. The molecule has 1 saturated heterocycles. The first kappa shape index (κ1) is 18.4. The Morgan fingerprint density at radius 2 is 2.05 bits per heavy atom. The van der Waals surface area contributed by atoms with Crippen molar-refractivity contribution >= 4 is 17.8 Å². The second kappa shape index (κ2) is 8.73. The molecule has 1 aliphatic rings. The number of carboxylic acid groups (broad SMARTS) is 1. The highest BCUT2D eigenvalue weighted by Crippen LogP contribution is 2.16. The number of nitrogens with zero attached hydrogens (tertiary/aromatic N) is 2. The summed E-state index contributed by atoms with van der Waals surface area (Å²) in [5, 5.41) is 9.03. The lowest BCUT2D eigenvalue weighted by atomic mass is 9.98. The van der Waals surface area contributed by atoms with Crippen molar-refractivity contribution in [2.24, 2.45) is 5.92 Å². The van der Waals surface area contributed by atoms with Gasteiger partial charge in [0.25, 0.3) is 0 Å². The van der Waals surface area contributed by atoms with Crippen molar-refractivity contribution in [3.63, 3.8) is 0 Å². The van der Waals surface area contributed by atoms with Crippen molar-refractivity contribution < 1.29 is 24.2 Å². The number of carboxylic acids is 1. The van der Waals surface area contributed by atoms with Crippen LogP contribution in [0.25, 0.3) is 0 Å². The number of hydrogen-bond donors (Lipinski definition) is 1. The van der Waals surface area contributed by atoms with E-state index in [9.17, 15) is 14.4 Å². The van der Waals surface area contributed by atoms with Crippen LogP contribution in [0.15, 0.2) is 0 Å². The first-order valence-electron chi connectivity index (χ1n) is 7.67. The van der Waals surface area contributed by atoms with E-state index in [-0.39, 0.29) is 37.4 Å². The number of hydrogen-bond acceptors (Lipinski definition) is 4. The molecule has 0 aliphatic carbocycles. The van der Waals surface area contributed by atoms with Crippen LogP contribution in [0.2, 0.25) is 0 Å². The van der Waals surface area contributed by atoms with Gasteiger partial charge in [0.2, 0.25) is 11.8 Å². The Morgan fingerprint density at radius 3 is 2.64 bits per heavy atom. The van der Waals surface area contributed by atoms with Crippen LogP contribution in [0.1, 0.15) is 33.1 Å². The van der Waals surface area contributed by atoms with E-state index in [1.165, 1.54) is 9.80 Å². The molecule has 1 unspecified atom stereocenters. The first-order chi connectivity index (χ1) is 10.3. The van der Waals surface area contributed by atoms with Crippen molar-refractivity contribution in [1.82, 2.24) is 9.80 Å². The SMILES string of the molecule is CC(C)OCCC(=O)N(C)CC(=O)N1CCCC(C(=O)O)C1. The Balaban J connectivity index is 2.39. The maximum Gasteiger partial charge on any atom is 0.308 e. The van der Waals surface area contributed by atoms with E-state index in [2.05, 4.69) is 0 Å². The molecule has 2 amide bonds. The molecule has 1 N–H and O–H groups in total. The van der Waals surface area contributed by atoms with Gasteiger partial charge in [0.1, 0.15) is 0 Å². The van der Waals surface area contributed by atoms with Crippen molar-refractivity contribution in [2.45, 2.75) is 39.2 Å². The molecule has 0 aromatic rings. The second-order valence-electron chi connectivity index (χ2n) is 5.94. The number of piperidine rings is 1. The van der Waals surface area contributed by atoms with Crippen molar-refractivity contribution in [3.05, 3.63) is 0 Å². The van der Waals surface area contributed by atoms with Crippen molar-refractivity contribution in [2.75, 3.05) is 33.3 Å². The molecule has 0 spiro atoms. The van der Waals surface area contributed by atoms with Crippen LogP contribution in [0.4, 0.5) is 0 Å². The van der Waals surface area contributed by atoms with E-state index < -0.39 is 11.9 Å². The van der Waals surface area contributed by atoms with Gasteiger partial charge >= 0.3 is 5.97 Å². The average Bonchev–Trinajstić information content (AvgIpc) is 2.46. The number of likely N-dealkylation sites (N-methyl/N-ethyl adjacent to an activating group) is 1. The topological polar surface area (TPSA) is 87.2 Å². The number of carbonyl (C=O) groups is 3. The summed E-state index contributed by atoms with van der Waals surface area (Å²) >= 11 is 0. The molecule has 1 heterocycles. The maximum absolute atomic E-state index is 12.2. The molecule has 0 bridgehead atoms. The fourth-order valence-corrected chi connectivity index (χ4v) is 2.37. The molecule has 1 aliphatic heterocycles. The minimum absolute atomic E-state index is 0.0210. The number of likely N-dealkylation sites (tertiary alicyclic amines) is 1. The average molecular weight is 314 g/mol. The summed E-state index contributed by atoms with van der Waals surface area (Å²) in [7, 11) is 1.58. The largest absolute Gasteiger partial charge is 0.481 e. The first-order valence-corrected chi connectivity index (χ1v) is 7.67. The van der Waals surface area contributed by atoms with Crippen molar-refractivity contribution in [1.29, 1.82) is 0 Å². The number of carbonyl (C=O) groups excluding carboxylic acids is 2. The minimum atomic E-state index is -0.868. The van der Waals surface area contributed by atoms with Gasteiger partial charge in [0.15, 0.2) is 0 Å². The molecule has 126 valence electrons. The zero-order valence-electron chi connectivity index (χ0n) is 13.6. The molecule has 22 heavy (non-hydrogen) atoms. The summed E-state index contributed by atoms with van der Waals surface area (Å²) in [6.07, 6.45) is 1.59. The summed E-state index contributed by atoms with van der Waals surface area (Å²) in [6.45, 7) is 4.89. The summed E-state index contributed by atoms with van der Waals surface area (Å²) < 4.78 is 5.32. The van der Waals surface area contributed by atoms with Gasteiger partial charge in [-0.25, -0.2) is 0 Å². The molecule has 7 heteroatoms. The summed E-state index contributed by atoms with van der Waals surface area (Å²) in [5.74, 6) is -1.72. The smallest absolute Gasteiger partial charge is 0.308 e. The Kier molecular flexibility index (Phi) is 7.31.